The van der Waals surface area contributed by atoms with Gasteiger partial charge in [0.2, 0.25) is 5.91 Å². The molecule has 5 atom stereocenters. The summed E-state index contributed by atoms with van der Waals surface area (Å²) in [5, 5.41) is 8.94. The predicted molar refractivity (Wildman–Crippen MR) is 274 cm³/mol. The number of rotatable bonds is 45. The second-order valence-electron chi connectivity index (χ2n) is 18.3. The molecule has 2 aliphatic heterocycles. The van der Waals surface area contributed by atoms with Gasteiger partial charge in [-0.2, -0.15) is 11.8 Å². The molecule has 383 valence electrons. The Morgan fingerprint density at radius 1 is 0.672 bits per heavy atom. The number of carbonyl (C=O) groups excluding carboxylic acids is 4. The fourth-order valence-corrected chi connectivity index (χ4v) is 10.5. The largest absolute Gasteiger partial charge is 0.472 e. The molecule has 0 bridgehead atoms. The number of amides is 3. The van der Waals surface area contributed by atoms with E-state index in [9.17, 15) is 28.6 Å². The van der Waals surface area contributed by atoms with Gasteiger partial charge in [0.15, 0.2) is 6.10 Å². The molecule has 3 amide bonds. The Labute approximate surface area is 432 Å². The zero-order chi connectivity index (χ0) is 47.8. The topological polar surface area (TPSA) is 179 Å². The van der Waals surface area contributed by atoms with Gasteiger partial charge < -0.3 is 30.3 Å². The number of unbranched alkanes of at least 4 members (excludes halogenated alkanes) is 23. The summed E-state index contributed by atoms with van der Waals surface area (Å²) in [5.74, 6) is -0.208. The second kappa shape index (κ2) is 43.4. The van der Waals surface area contributed by atoms with Crippen molar-refractivity contribution >= 4 is 73.0 Å². The van der Waals surface area contributed by atoms with Crippen molar-refractivity contribution in [3.63, 3.8) is 0 Å². The van der Waals surface area contributed by atoms with Crippen LogP contribution in [0.3, 0.4) is 0 Å². The van der Waals surface area contributed by atoms with Crippen molar-refractivity contribution in [3.8, 4) is 0 Å². The molecule has 2 aliphatic rings. The van der Waals surface area contributed by atoms with Crippen LogP contribution in [0.25, 0.3) is 0 Å². The predicted octanol–water partition coefficient (Wildman–Crippen LogP) is 12.1. The zero-order valence-corrected chi connectivity index (χ0v) is 46.0. The molecule has 16 heteroatoms. The number of hydrogen-bond donors (Lipinski definition) is 4. The van der Waals surface area contributed by atoms with E-state index in [4.69, 9.17) is 18.5 Å². The minimum Gasteiger partial charge on any atom is -0.462 e. The van der Waals surface area contributed by atoms with Crippen LogP contribution in [-0.2, 0) is 37.5 Å². The van der Waals surface area contributed by atoms with Crippen LogP contribution in [0.4, 0.5) is 4.79 Å². The van der Waals surface area contributed by atoms with Gasteiger partial charge in [0.05, 0.1) is 25.3 Å². The molecule has 0 aromatic rings. The van der Waals surface area contributed by atoms with E-state index < -0.39 is 32.5 Å². The summed E-state index contributed by atoms with van der Waals surface area (Å²) in [4.78, 5) is 59.8. The number of thioether (sulfide) groups is 1. The maximum atomic E-state index is 12.8. The zero-order valence-electron chi connectivity index (χ0n) is 42.3. The number of carbonyl (C=O) groups is 4. The Morgan fingerprint density at radius 2 is 1.16 bits per heavy atom. The molecule has 13 nitrogen and oxygen atoms in total. The average molecular weight is 993 g/mol. The fourth-order valence-electron chi connectivity index (χ4n) is 8.23. The van der Waals surface area contributed by atoms with E-state index in [0.717, 1.165) is 95.6 Å². The Kier molecular flexibility index (Phi) is 41.2. The van der Waals surface area contributed by atoms with Crippen molar-refractivity contribution in [2.75, 3.05) is 32.1 Å². The second-order valence-corrected chi connectivity index (χ2v) is 21.0. The molecular weight excluding hydrogens is 901 g/mol. The molecule has 2 fully saturated rings. The van der Waals surface area contributed by atoms with E-state index in [0.29, 0.717) is 30.9 Å². The molecule has 67 heavy (non-hydrogen) atoms. The number of hydrogen-bond acceptors (Lipinski definition) is 10. The number of allylic oxidation sites excluding steroid dienone is 4. The van der Waals surface area contributed by atoms with Crippen LogP contribution in [0.15, 0.2) is 24.3 Å². The van der Waals surface area contributed by atoms with Gasteiger partial charge in [0.25, 0.3) is 0 Å². The first kappa shape index (κ1) is 63.6. The van der Waals surface area contributed by atoms with Gasteiger partial charge in [0.1, 0.15) is 6.61 Å². The third-order valence-electron chi connectivity index (χ3n) is 12.2. The van der Waals surface area contributed by atoms with Crippen LogP contribution in [-0.4, -0.2) is 114 Å². The number of phosphoric acid groups is 1. The molecule has 0 aromatic carbocycles. The number of urea groups is 1. The van der Waals surface area contributed by atoms with Crippen molar-refractivity contribution in [1.29, 1.82) is 0 Å². The monoisotopic (exact) mass is 993 g/mol. The van der Waals surface area contributed by atoms with Gasteiger partial charge in [-0.05, 0) is 77.0 Å². The van der Waals surface area contributed by atoms with Crippen LogP contribution >= 0.6 is 19.6 Å². The fraction of sp³-hybridized carbons (Fsp3) is 0.843. The molecule has 1 unspecified atom stereocenters. The number of esters is 2. The van der Waals surface area contributed by atoms with Crippen molar-refractivity contribution in [2.45, 2.75) is 243 Å². The number of fused-ring (bicyclic) bond motifs is 1. The average Bonchev–Trinajstić information content (AvgIpc) is 3.86. The Hall–Kier alpha value is -1.38. The molecule has 2 heterocycles. The van der Waals surface area contributed by atoms with Crippen molar-refractivity contribution in [3.05, 3.63) is 24.3 Å². The first-order valence-corrected chi connectivity index (χ1v) is 28.9. The van der Waals surface area contributed by atoms with E-state index in [1.54, 1.807) is 0 Å². The Morgan fingerprint density at radius 3 is 1.72 bits per heavy atom. The molecule has 4 N–H and O–H groups in total. The van der Waals surface area contributed by atoms with Crippen LogP contribution < -0.4 is 16.0 Å². The summed E-state index contributed by atoms with van der Waals surface area (Å²) in [7, 11) is -4.58. The molecule has 0 saturated carbocycles. The van der Waals surface area contributed by atoms with Crippen molar-refractivity contribution in [2.24, 2.45) is 0 Å². The van der Waals surface area contributed by atoms with Crippen LogP contribution in [0.5, 0.6) is 0 Å². The van der Waals surface area contributed by atoms with Crippen LogP contribution in [0.2, 0.25) is 0 Å². The van der Waals surface area contributed by atoms with Gasteiger partial charge in [-0.1, -0.05) is 147 Å². The maximum Gasteiger partial charge on any atom is 0.472 e. The molecular formula is C51H92N3NaO10PS. The van der Waals surface area contributed by atoms with Gasteiger partial charge in [0, 0.05) is 66.4 Å². The normalized spacial score (nSPS) is 18.0. The van der Waals surface area contributed by atoms with Gasteiger partial charge in [-0.15, -0.1) is 0 Å². The quantitative estimate of drug-likeness (QED) is 0.0114. The van der Waals surface area contributed by atoms with E-state index in [1.165, 1.54) is 77.0 Å². The first-order chi connectivity index (χ1) is 32.1. The van der Waals surface area contributed by atoms with Gasteiger partial charge >= 0.3 is 25.8 Å². The minimum absolute atomic E-state index is 0. The third-order valence-corrected chi connectivity index (χ3v) is 14.7. The van der Waals surface area contributed by atoms with Gasteiger partial charge in [-0.3, -0.25) is 23.4 Å². The third kappa shape index (κ3) is 36.2. The summed E-state index contributed by atoms with van der Waals surface area (Å²) in [6.07, 6.45) is 41.2. The summed E-state index contributed by atoms with van der Waals surface area (Å²) < 4.78 is 34.0. The van der Waals surface area contributed by atoms with Crippen LogP contribution in [0, 0.1) is 0 Å². The maximum absolute atomic E-state index is 12.8. The minimum atomic E-state index is -4.58. The first-order valence-electron chi connectivity index (χ1n) is 26.4. The number of ether oxygens (including phenoxy) is 2. The van der Waals surface area contributed by atoms with Crippen LogP contribution in [0.1, 0.15) is 219 Å². The molecule has 1 radical (unpaired) electrons. The molecule has 0 aromatic heterocycles. The number of nitrogens with one attached hydrogen (secondary N) is 3. The molecule has 0 spiro atoms. The molecule has 2 saturated heterocycles. The smallest absolute Gasteiger partial charge is 0.462 e. The summed E-state index contributed by atoms with van der Waals surface area (Å²) in [6.45, 7) is 3.43. The SMILES string of the molecule is CCCCCCCC/C=C\CCCCCCCC(=O)OC[C@H](COP(=O)(O)OCCNC(=O)CCCC[C@@H]1SC[C@@H]2NC(=O)N[C@@H]21)OC(=O)CCCCCCC/C=C\CCCCCCCC.[Na]. The summed E-state index contributed by atoms with van der Waals surface area (Å²) >= 11 is 1.84. The van der Waals surface area contributed by atoms with Crippen molar-refractivity contribution in [1.82, 2.24) is 16.0 Å². The summed E-state index contributed by atoms with van der Waals surface area (Å²) in [6, 6.07) is 0.193. The standard InChI is InChI=1S/C51H92N3O10PS.Na/c1-3-5-7-9-11-13-15-17-19-21-23-25-27-29-31-37-48(56)61-41-44(64-49(57)38-32-30-28-26-24-22-20-18-16-14-12-10-8-6-4-2)42-63-65(59,60)62-40-39-52-47(55)36-34-33-35-46-50-45(43-66-46)53-51(58)54-50;/h17-20,44-46,50H,3-16,21-43H2,1-2H3,(H,52,55)(H,59,60)(H2,53,54,58);/b19-17-,20-18-;/t44-,45+,46+,50+;/m1./s1. The molecule has 0 aliphatic carbocycles. The number of phosphoric ester groups is 1. The van der Waals surface area contributed by atoms with Crippen molar-refractivity contribution < 1.29 is 47.2 Å². The van der Waals surface area contributed by atoms with E-state index in [2.05, 4.69) is 54.1 Å². The molecule has 2 rings (SSSR count). The Bertz CT molecular complexity index is 1390. The van der Waals surface area contributed by atoms with E-state index in [1.807, 2.05) is 11.8 Å². The summed E-state index contributed by atoms with van der Waals surface area (Å²) in [5.41, 5.74) is 0. The van der Waals surface area contributed by atoms with Gasteiger partial charge in [-0.25, -0.2) is 9.36 Å². The van der Waals surface area contributed by atoms with E-state index >= 15 is 0 Å². The Balaban J connectivity index is 0.0000224. The van der Waals surface area contributed by atoms with E-state index in [-0.39, 0.29) is 86.2 Å².